The van der Waals surface area contributed by atoms with Crippen LogP contribution in [0.3, 0.4) is 0 Å². The number of rotatable bonds is 3. The van der Waals surface area contributed by atoms with Gasteiger partial charge in [0.25, 0.3) is 5.91 Å². The molecule has 0 bridgehead atoms. The molecule has 0 spiro atoms. The Bertz CT molecular complexity index is 898. The average Bonchev–Trinajstić information content (AvgIpc) is 2.78. The van der Waals surface area contributed by atoms with Crippen LogP contribution >= 0.6 is 12.2 Å². The van der Waals surface area contributed by atoms with E-state index in [0.29, 0.717) is 43.7 Å². The molecule has 152 valence electrons. The molecule has 1 N–H and O–H groups in total. The summed E-state index contributed by atoms with van der Waals surface area (Å²) in [5.41, 5.74) is 3.04. The molecule has 2 heterocycles. The first-order valence-corrected chi connectivity index (χ1v) is 10.4. The third-order valence-corrected chi connectivity index (χ3v) is 5.53. The molecule has 7 heteroatoms. The molecule has 1 amide bonds. The molecule has 0 unspecified atom stereocenters. The van der Waals surface area contributed by atoms with Crippen LogP contribution < -0.4 is 15.0 Å². The molecule has 4 rings (SSSR count). The predicted octanol–water partition coefficient (Wildman–Crippen LogP) is 3.07. The van der Waals surface area contributed by atoms with Gasteiger partial charge in [-0.2, -0.15) is 0 Å². The van der Waals surface area contributed by atoms with E-state index in [-0.39, 0.29) is 5.91 Å². The number of carbonyl (C=O) groups excluding carboxylic acids is 1. The van der Waals surface area contributed by atoms with Crippen LogP contribution in [0, 0.1) is 0 Å². The van der Waals surface area contributed by atoms with Crippen molar-refractivity contribution in [3.8, 4) is 5.75 Å². The molecule has 1 atom stereocenters. The van der Waals surface area contributed by atoms with Gasteiger partial charge in [-0.3, -0.25) is 4.79 Å². The van der Waals surface area contributed by atoms with Crippen molar-refractivity contribution in [2.24, 2.45) is 0 Å². The summed E-state index contributed by atoms with van der Waals surface area (Å²) in [5.74, 6) is 0.639. The SMILES string of the molecule is CCc1cccc(NC(=S)N2C[C@H](C(=O)N3CCOCC3)Oc3ccccc32)c1. The Morgan fingerprint density at radius 2 is 1.97 bits per heavy atom. The summed E-state index contributed by atoms with van der Waals surface area (Å²) in [4.78, 5) is 16.8. The van der Waals surface area contributed by atoms with Crippen LogP contribution in [0.4, 0.5) is 11.4 Å². The first-order valence-electron chi connectivity index (χ1n) is 9.95. The highest BCUT2D eigenvalue weighted by Gasteiger charge is 2.35. The molecule has 0 saturated carbocycles. The summed E-state index contributed by atoms with van der Waals surface area (Å²) in [5, 5.41) is 3.87. The lowest BCUT2D eigenvalue weighted by Gasteiger charge is -2.38. The fourth-order valence-corrected chi connectivity index (χ4v) is 3.89. The largest absolute Gasteiger partial charge is 0.476 e. The van der Waals surface area contributed by atoms with Crippen LogP contribution in [0.25, 0.3) is 0 Å². The summed E-state index contributed by atoms with van der Waals surface area (Å²) in [6, 6.07) is 15.9. The summed E-state index contributed by atoms with van der Waals surface area (Å²) in [6.07, 6.45) is 0.350. The number of ether oxygens (including phenoxy) is 2. The van der Waals surface area contributed by atoms with E-state index in [2.05, 4.69) is 24.4 Å². The van der Waals surface area contributed by atoms with Gasteiger partial charge in [-0.25, -0.2) is 0 Å². The zero-order valence-electron chi connectivity index (χ0n) is 16.5. The Labute approximate surface area is 176 Å². The number of carbonyl (C=O) groups is 1. The van der Waals surface area contributed by atoms with E-state index in [9.17, 15) is 4.79 Å². The normalized spacial score (nSPS) is 18.6. The van der Waals surface area contributed by atoms with Gasteiger partial charge in [-0.05, 0) is 48.5 Å². The predicted molar refractivity (Wildman–Crippen MR) is 118 cm³/mol. The van der Waals surface area contributed by atoms with E-state index in [4.69, 9.17) is 21.7 Å². The van der Waals surface area contributed by atoms with Crippen molar-refractivity contribution in [1.82, 2.24) is 4.90 Å². The summed E-state index contributed by atoms with van der Waals surface area (Å²) >= 11 is 5.72. The maximum Gasteiger partial charge on any atom is 0.265 e. The van der Waals surface area contributed by atoms with Gasteiger partial charge in [0.2, 0.25) is 0 Å². The first kappa shape index (κ1) is 19.7. The van der Waals surface area contributed by atoms with Crippen LogP contribution in [0.1, 0.15) is 12.5 Å². The van der Waals surface area contributed by atoms with E-state index in [1.54, 1.807) is 0 Å². The second kappa shape index (κ2) is 8.80. The number of para-hydroxylation sites is 2. The smallest absolute Gasteiger partial charge is 0.265 e. The summed E-state index contributed by atoms with van der Waals surface area (Å²) < 4.78 is 11.4. The zero-order chi connectivity index (χ0) is 20.2. The number of hydrogen-bond acceptors (Lipinski definition) is 4. The van der Waals surface area contributed by atoms with Gasteiger partial charge in [0.1, 0.15) is 5.75 Å². The molecule has 2 aliphatic heterocycles. The fourth-order valence-electron chi connectivity index (χ4n) is 3.60. The average molecular weight is 412 g/mol. The van der Waals surface area contributed by atoms with Crippen molar-refractivity contribution in [2.75, 3.05) is 43.1 Å². The standard InChI is InChI=1S/C22H25N3O3S/c1-2-16-6-5-7-17(14-16)23-22(29)25-15-20(21(26)24-10-12-27-13-11-24)28-19-9-4-3-8-18(19)25/h3-9,14,20H,2,10-13,15H2,1H3,(H,23,29)/t20-/m1/s1. The minimum Gasteiger partial charge on any atom is -0.476 e. The zero-order valence-corrected chi connectivity index (χ0v) is 17.3. The molecule has 0 aliphatic carbocycles. The topological polar surface area (TPSA) is 54.0 Å². The molecular weight excluding hydrogens is 386 g/mol. The molecule has 0 aromatic heterocycles. The number of hydrogen-bond donors (Lipinski definition) is 1. The highest BCUT2D eigenvalue weighted by Crippen LogP contribution is 2.34. The van der Waals surface area contributed by atoms with Gasteiger partial charge >= 0.3 is 0 Å². The second-order valence-electron chi connectivity index (χ2n) is 7.11. The van der Waals surface area contributed by atoms with Crippen molar-refractivity contribution in [3.05, 3.63) is 54.1 Å². The number of benzene rings is 2. The lowest BCUT2D eigenvalue weighted by Crippen LogP contribution is -2.54. The molecule has 1 saturated heterocycles. The Morgan fingerprint density at radius 3 is 2.76 bits per heavy atom. The van der Waals surface area contributed by atoms with E-state index in [1.165, 1.54) is 5.56 Å². The van der Waals surface area contributed by atoms with Gasteiger partial charge in [0, 0.05) is 18.8 Å². The van der Waals surface area contributed by atoms with Crippen LogP contribution in [0.5, 0.6) is 5.75 Å². The number of aryl methyl sites for hydroxylation is 1. The Balaban J connectivity index is 1.55. The third kappa shape index (κ3) is 4.36. The Morgan fingerprint density at radius 1 is 1.17 bits per heavy atom. The van der Waals surface area contributed by atoms with Crippen LogP contribution in [-0.2, 0) is 16.0 Å². The number of nitrogens with zero attached hydrogens (tertiary/aromatic N) is 2. The van der Waals surface area contributed by atoms with Crippen molar-refractivity contribution < 1.29 is 14.3 Å². The van der Waals surface area contributed by atoms with Crippen LogP contribution in [0.2, 0.25) is 0 Å². The fraction of sp³-hybridized carbons (Fsp3) is 0.364. The number of amides is 1. The van der Waals surface area contributed by atoms with Crippen LogP contribution in [-0.4, -0.2) is 54.9 Å². The maximum absolute atomic E-state index is 13.0. The van der Waals surface area contributed by atoms with Gasteiger partial charge < -0.3 is 24.6 Å². The minimum absolute atomic E-state index is 0.0245. The highest BCUT2D eigenvalue weighted by atomic mass is 32.1. The molecule has 6 nitrogen and oxygen atoms in total. The third-order valence-electron chi connectivity index (χ3n) is 5.20. The first-order chi connectivity index (χ1) is 14.2. The van der Waals surface area contributed by atoms with E-state index < -0.39 is 6.10 Å². The number of morpholine rings is 1. The number of anilines is 2. The van der Waals surface area contributed by atoms with Gasteiger partial charge in [0.15, 0.2) is 11.2 Å². The molecule has 2 aliphatic rings. The van der Waals surface area contributed by atoms with E-state index >= 15 is 0 Å². The van der Waals surface area contributed by atoms with Crippen molar-refractivity contribution in [1.29, 1.82) is 0 Å². The number of fused-ring (bicyclic) bond motifs is 1. The number of nitrogens with one attached hydrogen (secondary N) is 1. The molecule has 2 aromatic carbocycles. The quantitative estimate of drug-likeness (QED) is 0.784. The van der Waals surface area contributed by atoms with E-state index in [0.717, 1.165) is 17.8 Å². The molecule has 1 fully saturated rings. The summed E-state index contributed by atoms with van der Waals surface area (Å²) in [6.45, 7) is 4.79. The van der Waals surface area contributed by atoms with Crippen LogP contribution in [0.15, 0.2) is 48.5 Å². The lowest BCUT2D eigenvalue weighted by atomic mass is 10.1. The maximum atomic E-state index is 13.0. The highest BCUT2D eigenvalue weighted by molar-refractivity contribution is 7.80. The molecule has 29 heavy (non-hydrogen) atoms. The molecule has 2 aromatic rings. The van der Waals surface area contributed by atoms with Gasteiger partial charge in [-0.15, -0.1) is 0 Å². The Kier molecular flexibility index (Phi) is 5.97. The second-order valence-corrected chi connectivity index (χ2v) is 7.49. The molecule has 0 radical (unpaired) electrons. The number of thiocarbonyl (C=S) groups is 1. The van der Waals surface area contributed by atoms with E-state index in [1.807, 2.05) is 46.2 Å². The molecular formula is C22H25N3O3S. The van der Waals surface area contributed by atoms with Crippen molar-refractivity contribution in [2.45, 2.75) is 19.4 Å². The monoisotopic (exact) mass is 411 g/mol. The van der Waals surface area contributed by atoms with Gasteiger partial charge in [0.05, 0.1) is 25.4 Å². The van der Waals surface area contributed by atoms with Gasteiger partial charge in [-0.1, -0.05) is 31.2 Å². The van der Waals surface area contributed by atoms with Crippen molar-refractivity contribution >= 4 is 34.6 Å². The Hall–Kier alpha value is -2.64. The summed E-state index contributed by atoms with van der Waals surface area (Å²) in [7, 11) is 0. The van der Waals surface area contributed by atoms with Crippen molar-refractivity contribution in [3.63, 3.8) is 0 Å². The lowest BCUT2D eigenvalue weighted by molar-refractivity contribution is -0.142. The minimum atomic E-state index is -0.607.